The molecule has 3 nitrogen and oxygen atoms in total. The summed E-state index contributed by atoms with van der Waals surface area (Å²) in [7, 11) is 0. The van der Waals surface area contributed by atoms with E-state index in [1.165, 1.54) is 0 Å². The summed E-state index contributed by atoms with van der Waals surface area (Å²) < 4.78 is 2.98. The van der Waals surface area contributed by atoms with Crippen LogP contribution in [0.2, 0.25) is 0 Å². The molecule has 0 saturated heterocycles. The first kappa shape index (κ1) is 11.8. The van der Waals surface area contributed by atoms with E-state index in [4.69, 9.17) is 0 Å². The van der Waals surface area contributed by atoms with Crippen LogP contribution >= 0.6 is 33.9 Å². The van der Waals surface area contributed by atoms with Gasteiger partial charge in [0.15, 0.2) is 5.78 Å². The summed E-state index contributed by atoms with van der Waals surface area (Å²) in [6, 6.07) is 1.93. The third-order valence-corrected chi connectivity index (χ3v) is 4.05. The van der Waals surface area contributed by atoms with Crippen molar-refractivity contribution in [1.82, 2.24) is 9.78 Å². The Labute approximate surface area is 112 Å². The molecule has 84 valence electrons. The first-order valence-corrected chi connectivity index (χ1v) is 6.93. The summed E-state index contributed by atoms with van der Waals surface area (Å²) in [5.41, 5.74) is 1.78. The SMILES string of the molecule is CCn1cc(CC(=O)c2csc(I)c2)cn1. The van der Waals surface area contributed by atoms with Gasteiger partial charge in [-0.2, -0.15) is 5.10 Å². The van der Waals surface area contributed by atoms with Gasteiger partial charge < -0.3 is 0 Å². The summed E-state index contributed by atoms with van der Waals surface area (Å²) in [5, 5.41) is 6.06. The summed E-state index contributed by atoms with van der Waals surface area (Å²) in [5.74, 6) is 0.162. The number of aryl methyl sites for hydroxylation is 1. The maximum Gasteiger partial charge on any atom is 0.168 e. The number of hydrogen-bond acceptors (Lipinski definition) is 3. The van der Waals surface area contributed by atoms with Crippen LogP contribution in [0.3, 0.4) is 0 Å². The summed E-state index contributed by atoms with van der Waals surface area (Å²) in [6.45, 7) is 2.87. The molecular weight excluding hydrogens is 335 g/mol. The van der Waals surface area contributed by atoms with Crippen molar-refractivity contribution in [3.05, 3.63) is 37.9 Å². The minimum atomic E-state index is 0.162. The Morgan fingerprint density at radius 2 is 2.44 bits per heavy atom. The highest BCUT2D eigenvalue weighted by atomic mass is 127. The quantitative estimate of drug-likeness (QED) is 0.630. The van der Waals surface area contributed by atoms with E-state index in [1.807, 2.05) is 29.2 Å². The molecule has 0 radical (unpaired) electrons. The van der Waals surface area contributed by atoms with E-state index in [-0.39, 0.29) is 5.78 Å². The Hall–Kier alpha value is -0.690. The van der Waals surface area contributed by atoms with Crippen molar-refractivity contribution in [2.24, 2.45) is 0 Å². The van der Waals surface area contributed by atoms with Gasteiger partial charge in [0.1, 0.15) is 0 Å². The maximum atomic E-state index is 11.9. The highest BCUT2D eigenvalue weighted by Gasteiger charge is 2.10. The molecule has 0 N–H and O–H groups in total. The molecule has 0 aliphatic rings. The van der Waals surface area contributed by atoms with Crippen molar-refractivity contribution < 1.29 is 4.79 Å². The number of thiophene rings is 1. The zero-order valence-corrected chi connectivity index (χ0v) is 11.8. The van der Waals surface area contributed by atoms with Gasteiger partial charge in [0.2, 0.25) is 0 Å². The zero-order valence-electron chi connectivity index (χ0n) is 8.81. The average molecular weight is 346 g/mol. The van der Waals surface area contributed by atoms with Crippen molar-refractivity contribution in [2.45, 2.75) is 19.9 Å². The highest BCUT2D eigenvalue weighted by Crippen LogP contribution is 2.18. The predicted octanol–water partition coefficient (Wildman–Crippen LogP) is 2.99. The third kappa shape index (κ3) is 2.70. The molecule has 0 unspecified atom stereocenters. The third-order valence-electron chi connectivity index (χ3n) is 2.26. The largest absolute Gasteiger partial charge is 0.294 e. The van der Waals surface area contributed by atoms with Crippen LogP contribution in [0.4, 0.5) is 0 Å². The molecule has 2 aromatic rings. The lowest BCUT2D eigenvalue weighted by atomic mass is 10.1. The van der Waals surface area contributed by atoms with Gasteiger partial charge in [-0.25, -0.2) is 0 Å². The van der Waals surface area contributed by atoms with Crippen LogP contribution in [-0.4, -0.2) is 15.6 Å². The molecule has 0 amide bonds. The van der Waals surface area contributed by atoms with Crippen LogP contribution in [-0.2, 0) is 13.0 Å². The van der Waals surface area contributed by atoms with E-state index in [1.54, 1.807) is 17.5 Å². The first-order valence-electron chi connectivity index (χ1n) is 4.97. The second kappa shape index (κ2) is 5.09. The second-order valence-electron chi connectivity index (χ2n) is 3.44. The van der Waals surface area contributed by atoms with Gasteiger partial charge >= 0.3 is 0 Å². The summed E-state index contributed by atoms with van der Waals surface area (Å²) in [6.07, 6.45) is 4.13. The van der Waals surface area contributed by atoms with Gasteiger partial charge in [-0.15, -0.1) is 11.3 Å². The fourth-order valence-corrected chi connectivity index (χ4v) is 2.77. The van der Waals surface area contributed by atoms with E-state index < -0.39 is 0 Å². The Morgan fingerprint density at radius 3 is 3.00 bits per heavy atom. The monoisotopic (exact) mass is 346 g/mol. The van der Waals surface area contributed by atoms with Crippen LogP contribution in [0, 0.1) is 2.88 Å². The van der Waals surface area contributed by atoms with Crippen molar-refractivity contribution in [3.63, 3.8) is 0 Å². The highest BCUT2D eigenvalue weighted by molar-refractivity contribution is 14.1. The fourth-order valence-electron chi connectivity index (χ4n) is 1.41. The van der Waals surface area contributed by atoms with E-state index in [0.29, 0.717) is 6.42 Å². The molecule has 0 saturated carbocycles. The van der Waals surface area contributed by atoms with Crippen LogP contribution in [0.5, 0.6) is 0 Å². The molecular formula is C11H11IN2OS. The number of nitrogens with zero attached hydrogens (tertiary/aromatic N) is 2. The minimum absolute atomic E-state index is 0.162. The first-order chi connectivity index (χ1) is 7.69. The van der Waals surface area contributed by atoms with Gasteiger partial charge in [0.25, 0.3) is 0 Å². The molecule has 2 rings (SSSR count). The van der Waals surface area contributed by atoms with Gasteiger partial charge in [-0.1, -0.05) is 0 Å². The predicted molar refractivity (Wildman–Crippen MR) is 73.0 cm³/mol. The van der Waals surface area contributed by atoms with Gasteiger partial charge in [0, 0.05) is 30.1 Å². The second-order valence-corrected chi connectivity index (χ2v) is 6.25. The Morgan fingerprint density at radius 1 is 1.62 bits per heavy atom. The van der Waals surface area contributed by atoms with Crippen LogP contribution in [0.15, 0.2) is 23.8 Å². The molecule has 0 aliphatic carbocycles. The van der Waals surface area contributed by atoms with Crippen LogP contribution in [0.25, 0.3) is 0 Å². The smallest absolute Gasteiger partial charge is 0.168 e. The average Bonchev–Trinajstić information content (AvgIpc) is 2.87. The van der Waals surface area contributed by atoms with Crippen molar-refractivity contribution in [3.8, 4) is 0 Å². The summed E-state index contributed by atoms with van der Waals surface area (Å²) >= 11 is 3.82. The van der Waals surface area contributed by atoms with Crippen molar-refractivity contribution in [1.29, 1.82) is 0 Å². The minimum Gasteiger partial charge on any atom is -0.294 e. The molecule has 0 bridgehead atoms. The molecule has 0 aliphatic heterocycles. The Kier molecular flexibility index (Phi) is 3.75. The van der Waals surface area contributed by atoms with Crippen molar-refractivity contribution in [2.75, 3.05) is 0 Å². The fraction of sp³-hybridized carbons (Fsp3) is 0.273. The Bertz CT molecular complexity index is 504. The molecule has 0 fully saturated rings. The zero-order chi connectivity index (χ0) is 11.5. The number of halogens is 1. The lowest BCUT2D eigenvalue weighted by Gasteiger charge is -1.94. The Balaban J connectivity index is 2.07. The molecule has 0 atom stereocenters. The van der Waals surface area contributed by atoms with E-state index >= 15 is 0 Å². The standard InChI is InChI=1S/C11H11IN2OS/c1-2-14-6-8(5-13-14)3-10(15)9-4-11(12)16-7-9/h4-7H,2-3H2,1H3. The number of Topliss-reactive ketones (excluding diaryl/α,β-unsaturated/α-hetero) is 1. The topological polar surface area (TPSA) is 34.9 Å². The van der Waals surface area contributed by atoms with Gasteiger partial charge in [-0.3, -0.25) is 9.48 Å². The van der Waals surface area contributed by atoms with Crippen LogP contribution in [0.1, 0.15) is 22.8 Å². The number of ketones is 1. The van der Waals surface area contributed by atoms with Crippen LogP contribution < -0.4 is 0 Å². The molecule has 16 heavy (non-hydrogen) atoms. The number of rotatable bonds is 4. The number of aromatic nitrogens is 2. The van der Waals surface area contributed by atoms with E-state index in [0.717, 1.165) is 20.6 Å². The number of carbonyl (C=O) groups excluding carboxylic acids is 1. The lowest BCUT2D eigenvalue weighted by Crippen LogP contribution is -2.01. The van der Waals surface area contributed by atoms with Gasteiger partial charge in [0.05, 0.1) is 9.08 Å². The molecule has 2 heterocycles. The molecule has 5 heteroatoms. The number of hydrogen-bond donors (Lipinski definition) is 0. The molecule has 0 spiro atoms. The van der Waals surface area contributed by atoms with E-state index in [9.17, 15) is 4.79 Å². The molecule has 2 aromatic heterocycles. The molecule has 0 aromatic carbocycles. The summed E-state index contributed by atoms with van der Waals surface area (Å²) in [4.78, 5) is 11.9. The maximum absolute atomic E-state index is 11.9. The van der Waals surface area contributed by atoms with Crippen molar-refractivity contribution >= 4 is 39.7 Å². The lowest BCUT2D eigenvalue weighted by molar-refractivity contribution is 0.0993. The van der Waals surface area contributed by atoms with E-state index in [2.05, 4.69) is 27.7 Å². The van der Waals surface area contributed by atoms with Gasteiger partial charge in [-0.05, 0) is 41.1 Å². The normalized spacial score (nSPS) is 10.6. The number of carbonyl (C=O) groups is 1.